The smallest absolute Gasteiger partial charge is 0.406 e. The SMILES string of the molecule is CN=C(NCCc1ccc(OC(F)(F)F)cc1)NCCC(F)(F)F.I. The Hall–Kier alpha value is -1.40. The van der Waals surface area contributed by atoms with E-state index in [2.05, 4.69) is 20.4 Å². The molecule has 0 spiro atoms. The molecule has 0 radical (unpaired) electrons. The first-order valence-electron chi connectivity index (χ1n) is 6.95. The number of guanidine groups is 1. The quantitative estimate of drug-likeness (QED) is 0.279. The van der Waals surface area contributed by atoms with Crippen molar-refractivity contribution in [1.29, 1.82) is 0 Å². The van der Waals surface area contributed by atoms with Crippen LogP contribution in [0.5, 0.6) is 5.75 Å². The molecule has 0 atom stereocenters. The van der Waals surface area contributed by atoms with Gasteiger partial charge in [-0.25, -0.2) is 0 Å². The number of ether oxygens (including phenoxy) is 1. The minimum Gasteiger partial charge on any atom is -0.406 e. The fourth-order valence-electron chi connectivity index (χ4n) is 1.73. The third-order valence-electron chi connectivity index (χ3n) is 2.79. The molecule has 0 amide bonds. The van der Waals surface area contributed by atoms with Gasteiger partial charge in [-0.3, -0.25) is 4.99 Å². The van der Waals surface area contributed by atoms with Crippen LogP contribution in [0.4, 0.5) is 26.3 Å². The van der Waals surface area contributed by atoms with Gasteiger partial charge in [0.05, 0.1) is 6.42 Å². The number of nitrogens with one attached hydrogen (secondary N) is 2. The number of benzene rings is 1. The zero-order chi connectivity index (χ0) is 18.2. The highest BCUT2D eigenvalue weighted by molar-refractivity contribution is 14.0. The van der Waals surface area contributed by atoms with Crippen LogP contribution in [0.3, 0.4) is 0 Å². The van der Waals surface area contributed by atoms with Gasteiger partial charge in [-0.15, -0.1) is 37.1 Å². The largest absolute Gasteiger partial charge is 0.573 e. The second kappa shape index (κ2) is 10.6. The molecule has 2 N–H and O–H groups in total. The molecule has 11 heteroatoms. The molecule has 0 unspecified atom stereocenters. The van der Waals surface area contributed by atoms with Crippen molar-refractivity contribution in [3.8, 4) is 5.75 Å². The van der Waals surface area contributed by atoms with Crippen LogP contribution in [-0.2, 0) is 6.42 Å². The number of alkyl halides is 6. The van der Waals surface area contributed by atoms with Crippen molar-refractivity contribution < 1.29 is 31.1 Å². The van der Waals surface area contributed by atoms with Gasteiger partial charge in [0.15, 0.2) is 5.96 Å². The number of nitrogens with zero attached hydrogens (tertiary/aromatic N) is 1. The molecular formula is C14H18F6IN3O. The van der Waals surface area contributed by atoms with Crippen molar-refractivity contribution in [2.24, 2.45) is 4.99 Å². The summed E-state index contributed by atoms with van der Waals surface area (Å²) in [5, 5.41) is 5.34. The summed E-state index contributed by atoms with van der Waals surface area (Å²) >= 11 is 0. The Bertz CT molecular complexity index is 531. The standard InChI is InChI=1S/C14H17F6N3O.HI/c1-21-12(23-9-7-13(15,16)17)22-8-6-10-2-4-11(5-3-10)24-14(18,19)20;/h2-5H,6-9H2,1H3,(H2,21,22,23);1H. The summed E-state index contributed by atoms with van der Waals surface area (Å²) < 4.78 is 75.9. The van der Waals surface area contributed by atoms with E-state index in [4.69, 9.17) is 0 Å². The van der Waals surface area contributed by atoms with Gasteiger partial charge in [-0.05, 0) is 24.1 Å². The molecule has 25 heavy (non-hydrogen) atoms. The minimum atomic E-state index is -4.74. The maximum atomic E-state index is 12.0. The summed E-state index contributed by atoms with van der Waals surface area (Å²) in [5.41, 5.74) is 0.739. The van der Waals surface area contributed by atoms with Crippen LogP contribution >= 0.6 is 24.0 Å². The molecule has 1 rings (SSSR count). The summed E-state index contributed by atoms with van der Waals surface area (Å²) in [4.78, 5) is 3.78. The summed E-state index contributed by atoms with van der Waals surface area (Å²) in [6, 6.07) is 5.34. The Morgan fingerprint density at radius 1 is 1.00 bits per heavy atom. The fourth-order valence-corrected chi connectivity index (χ4v) is 1.73. The Morgan fingerprint density at radius 3 is 2.04 bits per heavy atom. The number of halogens is 7. The maximum Gasteiger partial charge on any atom is 0.573 e. The second-order valence-corrected chi connectivity index (χ2v) is 4.73. The Balaban J connectivity index is 0.00000576. The first-order chi connectivity index (χ1) is 11.1. The Morgan fingerprint density at radius 2 is 1.56 bits per heavy atom. The van der Waals surface area contributed by atoms with Gasteiger partial charge in [-0.2, -0.15) is 13.2 Å². The molecule has 0 aliphatic carbocycles. The first-order valence-corrected chi connectivity index (χ1v) is 6.95. The van der Waals surface area contributed by atoms with E-state index in [9.17, 15) is 26.3 Å². The summed E-state index contributed by atoms with van der Waals surface area (Å²) in [5.74, 6) is -0.0971. The lowest BCUT2D eigenvalue weighted by molar-refractivity contribution is -0.274. The third kappa shape index (κ3) is 11.7. The normalized spacial score (nSPS) is 12.4. The molecule has 0 aliphatic heterocycles. The van der Waals surface area contributed by atoms with Gasteiger partial charge < -0.3 is 15.4 Å². The fraction of sp³-hybridized carbons (Fsp3) is 0.500. The van der Waals surface area contributed by atoms with Gasteiger partial charge in [0, 0.05) is 20.1 Å². The average molecular weight is 485 g/mol. The number of rotatable bonds is 6. The Kier molecular flexibility index (Phi) is 9.97. The molecular weight excluding hydrogens is 467 g/mol. The molecule has 0 fully saturated rings. The zero-order valence-corrected chi connectivity index (χ0v) is 15.5. The van der Waals surface area contributed by atoms with Crippen molar-refractivity contribution in [2.45, 2.75) is 25.4 Å². The van der Waals surface area contributed by atoms with Crippen LogP contribution in [0.2, 0.25) is 0 Å². The van der Waals surface area contributed by atoms with Gasteiger partial charge >= 0.3 is 12.5 Å². The van der Waals surface area contributed by atoms with Crippen molar-refractivity contribution in [1.82, 2.24) is 10.6 Å². The monoisotopic (exact) mass is 485 g/mol. The second-order valence-electron chi connectivity index (χ2n) is 4.73. The van der Waals surface area contributed by atoms with E-state index in [1.807, 2.05) is 0 Å². The van der Waals surface area contributed by atoms with Crippen LogP contribution in [0.15, 0.2) is 29.3 Å². The highest BCUT2D eigenvalue weighted by atomic mass is 127. The lowest BCUT2D eigenvalue weighted by Gasteiger charge is -2.13. The lowest BCUT2D eigenvalue weighted by atomic mass is 10.1. The van der Waals surface area contributed by atoms with Crippen LogP contribution in [-0.4, -0.2) is 38.6 Å². The molecule has 1 aromatic rings. The van der Waals surface area contributed by atoms with Gasteiger partial charge in [-0.1, -0.05) is 12.1 Å². The predicted octanol–water partition coefficient (Wildman–Crippen LogP) is 3.86. The van der Waals surface area contributed by atoms with Crippen molar-refractivity contribution in [2.75, 3.05) is 20.1 Å². The number of aliphatic imine (C=N–C) groups is 1. The number of hydrogen-bond donors (Lipinski definition) is 2. The summed E-state index contributed by atoms with van der Waals surface area (Å²) in [6.07, 6.45) is -9.51. The van der Waals surface area contributed by atoms with E-state index in [1.54, 1.807) is 0 Å². The molecule has 0 aliphatic rings. The molecule has 4 nitrogen and oxygen atoms in total. The van der Waals surface area contributed by atoms with Crippen LogP contribution in [0.25, 0.3) is 0 Å². The van der Waals surface area contributed by atoms with Gasteiger partial charge in [0.2, 0.25) is 0 Å². The first kappa shape index (κ1) is 23.6. The van der Waals surface area contributed by atoms with Crippen molar-refractivity contribution in [3.05, 3.63) is 29.8 Å². The summed E-state index contributed by atoms with van der Waals surface area (Å²) in [7, 11) is 1.42. The molecule has 0 bridgehead atoms. The molecule has 1 aromatic carbocycles. The molecule has 0 saturated heterocycles. The van der Waals surface area contributed by atoms with Crippen LogP contribution in [0, 0.1) is 0 Å². The maximum absolute atomic E-state index is 12.0. The highest BCUT2D eigenvalue weighted by Crippen LogP contribution is 2.22. The molecule has 0 saturated carbocycles. The van der Waals surface area contributed by atoms with E-state index >= 15 is 0 Å². The highest BCUT2D eigenvalue weighted by Gasteiger charge is 2.30. The van der Waals surface area contributed by atoms with Crippen LogP contribution in [0.1, 0.15) is 12.0 Å². The van der Waals surface area contributed by atoms with E-state index in [1.165, 1.54) is 31.3 Å². The Labute approximate surface area is 158 Å². The van der Waals surface area contributed by atoms with Gasteiger partial charge in [0.1, 0.15) is 5.75 Å². The molecule has 0 aromatic heterocycles. The van der Waals surface area contributed by atoms with Gasteiger partial charge in [0.25, 0.3) is 0 Å². The number of hydrogen-bond acceptors (Lipinski definition) is 2. The molecule has 0 heterocycles. The summed E-state index contributed by atoms with van der Waals surface area (Å²) in [6.45, 7) is 0.0534. The zero-order valence-electron chi connectivity index (χ0n) is 13.2. The molecule has 144 valence electrons. The van der Waals surface area contributed by atoms with Crippen molar-refractivity contribution in [3.63, 3.8) is 0 Å². The van der Waals surface area contributed by atoms with Crippen LogP contribution < -0.4 is 15.4 Å². The lowest BCUT2D eigenvalue weighted by Crippen LogP contribution is -2.39. The van der Waals surface area contributed by atoms with E-state index in [0.717, 1.165) is 5.56 Å². The van der Waals surface area contributed by atoms with E-state index in [0.29, 0.717) is 13.0 Å². The average Bonchev–Trinajstić information content (AvgIpc) is 2.44. The minimum absolute atomic E-state index is 0. The van der Waals surface area contributed by atoms with E-state index < -0.39 is 19.0 Å². The van der Waals surface area contributed by atoms with Crippen molar-refractivity contribution >= 4 is 29.9 Å². The van der Waals surface area contributed by atoms with E-state index in [-0.39, 0.29) is 42.2 Å². The topological polar surface area (TPSA) is 45.7 Å². The predicted molar refractivity (Wildman–Crippen MR) is 92.3 cm³/mol. The third-order valence-corrected chi connectivity index (χ3v) is 2.79.